The number of halogens is 1. The van der Waals surface area contributed by atoms with Gasteiger partial charge in [-0.2, -0.15) is 4.31 Å². The first-order valence-electron chi connectivity index (χ1n) is 6.85. The summed E-state index contributed by atoms with van der Waals surface area (Å²) < 4.78 is 27.1. The molecule has 1 aliphatic rings. The van der Waals surface area contributed by atoms with Crippen LogP contribution in [0.1, 0.15) is 31.2 Å². The Bertz CT molecular complexity index is 568. The lowest BCUT2D eigenvalue weighted by atomic mass is 10.2. The zero-order valence-corrected chi connectivity index (χ0v) is 13.1. The predicted octanol–water partition coefficient (Wildman–Crippen LogP) is 2.57. The van der Waals surface area contributed by atoms with Gasteiger partial charge in [0.05, 0.1) is 11.5 Å². The van der Waals surface area contributed by atoms with Crippen LogP contribution in [0.3, 0.4) is 0 Å². The van der Waals surface area contributed by atoms with Crippen LogP contribution in [0.25, 0.3) is 0 Å². The lowest BCUT2D eigenvalue weighted by Crippen LogP contribution is -2.40. The van der Waals surface area contributed by atoms with Crippen LogP contribution in [0.4, 0.5) is 0 Å². The van der Waals surface area contributed by atoms with E-state index in [-0.39, 0.29) is 24.1 Å². The van der Waals surface area contributed by atoms with Crippen molar-refractivity contribution >= 4 is 21.6 Å². The number of rotatable bonds is 5. The van der Waals surface area contributed by atoms with Crippen LogP contribution < -0.4 is 0 Å². The molecule has 0 spiro atoms. The van der Waals surface area contributed by atoms with Gasteiger partial charge in [-0.25, -0.2) is 8.42 Å². The van der Waals surface area contributed by atoms with E-state index < -0.39 is 10.0 Å². The Morgan fingerprint density at radius 3 is 2.55 bits per heavy atom. The molecule has 0 aliphatic heterocycles. The average molecular weight is 318 g/mol. The van der Waals surface area contributed by atoms with E-state index in [1.807, 2.05) is 0 Å². The first-order chi connectivity index (χ1) is 9.46. The standard InChI is InChI=1S/C14H20ClNO3S/c1-11-10-12(15)6-7-14(11)20(18,19)16(8-9-17)13-4-2-3-5-13/h6-7,10,13,17H,2-5,8-9H2,1H3. The largest absolute Gasteiger partial charge is 0.395 e. The van der Waals surface area contributed by atoms with Crippen LogP contribution in [0.2, 0.25) is 5.02 Å². The summed E-state index contributed by atoms with van der Waals surface area (Å²) in [6.45, 7) is 1.72. The van der Waals surface area contributed by atoms with Crippen LogP contribution in [0.5, 0.6) is 0 Å². The van der Waals surface area contributed by atoms with Crippen molar-refractivity contribution in [3.8, 4) is 0 Å². The fourth-order valence-electron chi connectivity index (χ4n) is 2.82. The average Bonchev–Trinajstić information content (AvgIpc) is 2.88. The van der Waals surface area contributed by atoms with Gasteiger partial charge in [-0.3, -0.25) is 0 Å². The zero-order chi connectivity index (χ0) is 14.8. The van der Waals surface area contributed by atoms with Gasteiger partial charge in [0.25, 0.3) is 0 Å². The summed E-state index contributed by atoms with van der Waals surface area (Å²) in [6.07, 6.45) is 3.82. The van der Waals surface area contributed by atoms with Crippen LogP contribution >= 0.6 is 11.6 Å². The number of hydrogen-bond acceptors (Lipinski definition) is 3. The summed E-state index contributed by atoms with van der Waals surface area (Å²) in [6, 6.07) is 4.79. The Morgan fingerprint density at radius 2 is 2.00 bits per heavy atom. The summed E-state index contributed by atoms with van der Waals surface area (Å²) in [4.78, 5) is 0.280. The number of benzene rings is 1. The van der Waals surface area contributed by atoms with Crippen molar-refractivity contribution in [3.63, 3.8) is 0 Å². The highest BCUT2D eigenvalue weighted by Gasteiger charge is 2.33. The van der Waals surface area contributed by atoms with Crippen molar-refractivity contribution in [2.45, 2.75) is 43.5 Å². The third-order valence-electron chi connectivity index (χ3n) is 3.78. The van der Waals surface area contributed by atoms with Gasteiger partial charge in [-0.05, 0) is 43.5 Å². The summed E-state index contributed by atoms with van der Waals surface area (Å²) in [5, 5.41) is 9.72. The van der Waals surface area contributed by atoms with Gasteiger partial charge in [-0.1, -0.05) is 24.4 Å². The van der Waals surface area contributed by atoms with E-state index in [1.54, 1.807) is 25.1 Å². The minimum absolute atomic E-state index is 0.00206. The highest BCUT2D eigenvalue weighted by molar-refractivity contribution is 7.89. The van der Waals surface area contributed by atoms with Gasteiger partial charge in [0.1, 0.15) is 0 Å². The number of aryl methyl sites for hydroxylation is 1. The maximum absolute atomic E-state index is 12.8. The molecule has 0 radical (unpaired) electrons. The Kier molecular flexibility index (Phi) is 5.07. The monoisotopic (exact) mass is 317 g/mol. The van der Waals surface area contributed by atoms with Gasteiger partial charge in [0.2, 0.25) is 10.0 Å². The molecule has 0 amide bonds. The van der Waals surface area contributed by atoms with Crippen molar-refractivity contribution in [3.05, 3.63) is 28.8 Å². The van der Waals surface area contributed by atoms with Crippen molar-refractivity contribution in [1.29, 1.82) is 0 Å². The quantitative estimate of drug-likeness (QED) is 0.908. The number of sulfonamides is 1. The summed E-state index contributed by atoms with van der Waals surface area (Å²) >= 11 is 5.89. The van der Waals surface area contributed by atoms with Crippen molar-refractivity contribution in [2.24, 2.45) is 0 Å². The Balaban J connectivity index is 2.39. The first kappa shape index (κ1) is 15.8. The van der Waals surface area contributed by atoms with Crippen LogP contribution in [0, 0.1) is 6.92 Å². The molecule has 1 fully saturated rings. The molecule has 0 heterocycles. The molecule has 1 aromatic rings. The molecular weight excluding hydrogens is 298 g/mol. The van der Waals surface area contributed by atoms with E-state index >= 15 is 0 Å². The van der Waals surface area contributed by atoms with Crippen molar-refractivity contribution in [2.75, 3.05) is 13.2 Å². The van der Waals surface area contributed by atoms with E-state index in [1.165, 1.54) is 4.31 Å². The highest BCUT2D eigenvalue weighted by Crippen LogP contribution is 2.30. The molecule has 6 heteroatoms. The number of aliphatic hydroxyl groups excluding tert-OH is 1. The summed E-state index contributed by atoms with van der Waals surface area (Å²) in [5.41, 5.74) is 0.637. The molecule has 0 bridgehead atoms. The molecule has 20 heavy (non-hydrogen) atoms. The second kappa shape index (κ2) is 6.43. The molecule has 1 aromatic carbocycles. The Morgan fingerprint density at radius 1 is 1.35 bits per heavy atom. The van der Waals surface area contributed by atoms with Gasteiger partial charge < -0.3 is 5.11 Å². The lowest BCUT2D eigenvalue weighted by Gasteiger charge is -2.28. The molecular formula is C14H20ClNO3S. The van der Waals surface area contributed by atoms with E-state index in [0.29, 0.717) is 10.6 Å². The fourth-order valence-corrected chi connectivity index (χ4v) is 4.93. The Hall–Kier alpha value is -0.620. The molecule has 0 unspecified atom stereocenters. The molecule has 0 atom stereocenters. The fraction of sp³-hybridized carbons (Fsp3) is 0.571. The molecule has 2 rings (SSSR count). The number of hydrogen-bond donors (Lipinski definition) is 1. The predicted molar refractivity (Wildman–Crippen MR) is 79.4 cm³/mol. The molecule has 1 aliphatic carbocycles. The highest BCUT2D eigenvalue weighted by atomic mass is 35.5. The maximum Gasteiger partial charge on any atom is 0.243 e. The van der Waals surface area contributed by atoms with Gasteiger partial charge >= 0.3 is 0 Å². The Labute approximate surface area is 125 Å². The van der Waals surface area contributed by atoms with Crippen LogP contribution in [-0.4, -0.2) is 37.0 Å². The van der Waals surface area contributed by atoms with Gasteiger partial charge in [0.15, 0.2) is 0 Å². The SMILES string of the molecule is Cc1cc(Cl)ccc1S(=O)(=O)N(CCO)C1CCCC1. The van der Waals surface area contributed by atoms with Crippen LogP contribution in [0.15, 0.2) is 23.1 Å². The molecule has 4 nitrogen and oxygen atoms in total. The minimum Gasteiger partial charge on any atom is -0.395 e. The third-order valence-corrected chi connectivity index (χ3v) is 6.12. The second-order valence-corrected chi connectivity index (χ2v) is 7.48. The minimum atomic E-state index is -3.58. The molecule has 1 N–H and O–H groups in total. The van der Waals surface area contributed by atoms with Gasteiger partial charge in [-0.15, -0.1) is 0 Å². The number of aliphatic hydroxyl groups is 1. The first-order valence-corrected chi connectivity index (χ1v) is 8.67. The summed E-state index contributed by atoms with van der Waals surface area (Å²) in [5.74, 6) is 0. The lowest BCUT2D eigenvalue weighted by molar-refractivity contribution is 0.226. The van der Waals surface area contributed by atoms with Crippen molar-refractivity contribution < 1.29 is 13.5 Å². The maximum atomic E-state index is 12.8. The smallest absolute Gasteiger partial charge is 0.243 e. The van der Waals surface area contributed by atoms with E-state index in [9.17, 15) is 13.5 Å². The topological polar surface area (TPSA) is 57.6 Å². The van der Waals surface area contributed by atoms with Crippen molar-refractivity contribution in [1.82, 2.24) is 4.31 Å². The third kappa shape index (κ3) is 3.17. The molecule has 112 valence electrons. The zero-order valence-electron chi connectivity index (χ0n) is 11.5. The van der Waals surface area contributed by atoms with Gasteiger partial charge in [0, 0.05) is 17.6 Å². The normalized spacial score (nSPS) is 17.0. The van der Waals surface area contributed by atoms with E-state index in [2.05, 4.69) is 0 Å². The van der Waals surface area contributed by atoms with E-state index in [4.69, 9.17) is 11.6 Å². The number of nitrogens with zero attached hydrogens (tertiary/aromatic N) is 1. The van der Waals surface area contributed by atoms with E-state index in [0.717, 1.165) is 25.7 Å². The van der Waals surface area contributed by atoms with Crippen LogP contribution in [-0.2, 0) is 10.0 Å². The molecule has 1 saturated carbocycles. The summed E-state index contributed by atoms with van der Waals surface area (Å²) in [7, 11) is -3.58. The molecule has 0 aromatic heterocycles. The molecule has 0 saturated heterocycles. The second-order valence-electron chi connectivity index (χ2n) is 5.19.